The molecule has 0 spiro atoms. The molecule has 8 nitrogen and oxygen atoms in total. The highest BCUT2D eigenvalue weighted by Gasteiger charge is 2.19. The minimum absolute atomic E-state index is 0.0782. The summed E-state index contributed by atoms with van der Waals surface area (Å²) in [5, 5.41) is 13.7. The summed E-state index contributed by atoms with van der Waals surface area (Å²) in [6, 6.07) is 13.8. The lowest BCUT2D eigenvalue weighted by atomic mass is 10.2. The Morgan fingerprint density at radius 3 is 2.62 bits per heavy atom. The van der Waals surface area contributed by atoms with Crippen LogP contribution in [0, 0.1) is 10.1 Å². The molecule has 0 bridgehead atoms. The molecule has 1 amide bonds. The van der Waals surface area contributed by atoms with Crippen molar-refractivity contribution < 1.29 is 14.5 Å². The summed E-state index contributed by atoms with van der Waals surface area (Å²) >= 11 is 0. The van der Waals surface area contributed by atoms with Gasteiger partial charge in [-0.3, -0.25) is 19.8 Å². The molecule has 154 valence electrons. The number of methoxy groups -OCH3 is 1. The Morgan fingerprint density at radius 2 is 1.90 bits per heavy atom. The maximum atomic E-state index is 12.2. The molecule has 1 heterocycles. The Labute approximate surface area is 170 Å². The second-order valence-electron chi connectivity index (χ2n) is 6.92. The zero-order valence-electron chi connectivity index (χ0n) is 16.5. The van der Waals surface area contributed by atoms with Gasteiger partial charge in [-0.25, -0.2) is 0 Å². The highest BCUT2D eigenvalue weighted by molar-refractivity contribution is 5.94. The third kappa shape index (κ3) is 5.45. The van der Waals surface area contributed by atoms with E-state index in [1.54, 1.807) is 13.2 Å². The Hall–Kier alpha value is -3.13. The van der Waals surface area contributed by atoms with Crippen molar-refractivity contribution in [3.8, 4) is 5.75 Å². The van der Waals surface area contributed by atoms with Crippen LogP contribution in [0.4, 0.5) is 11.4 Å². The van der Waals surface area contributed by atoms with Crippen molar-refractivity contribution in [2.45, 2.75) is 6.42 Å². The summed E-state index contributed by atoms with van der Waals surface area (Å²) < 4.78 is 5.45. The van der Waals surface area contributed by atoms with Gasteiger partial charge in [-0.2, -0.15) is 0 Å². The van der Waals surface area contributed by atoms with Gasteiger partial charge in [0, 0.05) is 50.4 Å². The van der Waals surface area contributed by atoms with Gasteiger partial charge in [0.2, 0.25) is 0 Å². The van der Waals surface area contributed by atoms with Crippen molar-refractivity contribution in [3.05, 3.63) is 64.2 Å². The number of nitrogens with one attached hydrogen (secondary N) is 1. The molecule has 1 saturated heterocycles. The molecular formula is C21H26N4O4. The first-order valence-corrected chi connectivity index (χ1v) is 9.71. The third-order valence-corrected chi connectivity index (χ3v) is 5.05. The van der Waals surface area contributed by atoms with Crippen LogP contribution in [-0.2, 0) is 0 Å². The Bertz CT molecular complexity index is 850. The lowest BCUT2D eigenvalue weighted by molar-refractivity contribution is -0.384. The van der Waals surface area contributed by atoms with E-state index in [0.29, 0.717) is 12.1 Å². The number of carbonyl (C=O) groups excluding carboxylic acids is 1. The standard InChI is InChI=1S/C21H26N4O4/c1-29-20-9-3-2-8-19(20)24-14-12-23(13-15-24)11-5-10-22-21(26)17-6-4-7-18(16-17)25(27)28/h2-4,6-9,16H,5,10-15H2,1H3,(H,22,26). The first-order valence-electron chi connectivity index (χ1n) is 9.71. The van der Waals surface area contributed by atoms with Gasteiger partial charge in [0.1, 0.15) is 5.75 Å². The van der Waals surface area contributed by atoms with E-state index in [-0.39, 0.29) is 11.6 Å². The summed E-state index contributed by atoms with van der Waals surface area (Å²) in [4.78, 5) is 27.2. The van der Waals surface area contributed by atoms with Gasteiger partial charge in [0.05, 0.1) is 17.7 Å². The number of hydrogen-bond acceptors (Lipinski definition) is 6. The van der Waals surface area contributed by atoms with Crippen molar-refractivity contribution in [2.75, 3.05) is 51.3 Å². The lowest BCUT2D eigenvalue weighted by Gasteiger charge is -2.36. The predicted molar refractivity (Wildman–Crippen MR) is 112 cm³/mol. The summed E-state index contributed by atoms with van der Waals surface area (Å²) in [5.74, 6) is 0.611. The number of carbonyl (C=O) groups is 1. The number of para-hydroxylation sites is 2. The van der Waals surface area contributed by atoms with Crippen molar-refractivity contribution in [1.29, 1.82) is 0 Å². The molecular weight excluding hydrogens is 372 g/mol. The molecule has 0 atom stereocenters. The van der Waals surface area contributed by atoms with E-state index in [2.05, 4.69) is 21.2 Å². The number of nitro groups is 1. The normalized spacial score (nSPS) is 14.4. The van der Waals surface area contributed by atoms with Crippen LogP contribution in [0.1, 0.15) is 16.8 Å². The van der Waals surface area contributed by atoms with Gasteiger partial charge in [-0.05, 0) is 31.2 Å². The van der Waals surface area contributed by atoms with Crippen LogP contribution in [0.25, 0.3) is 0 Å². The van der Waals surface area contributed by atoms with Gasteiger partial charge in [-0.15, -0.1) is 0 Å². The monoisotopic (exact) mass is 398 g/mol. The molecule has 0 saturated carbocycles. The lowest BCUT2D eigenvalue weighted by Crippen LogP contribution is -2.47. The van der Waals surface area contributed by atoms with E-state index in [1.807, 2.05) is 18.2 Å². The van der Waals surface area contributed by atoms with E-state index < -0.39 is 4.92 Å². The molecule has 1 fully saturated rings. The van der Waals surface area contributed by atoms with Crippen molar-refractivity contribution in [2.24, 2.45) is 0 Å². The number of benzene rings is 2. The first kappa shape index (κ1) is 20.6. The average molecular weight is 398 g/mol. The summed E-state index contributed by atoms with van der Waals surface area (Å²) in [6.07, 6.45) is 0.829. The molecule has 0 radical (unpaired) electrons. The van der Waals surface area contributed by atoms with Crippen molar-refractivity contribution >= 4 is 17.3 Å². The smallest absolute Gasteiger partial charge is 0.270 e. The van der Waals surface area contributed by atoms with Gasteiger partial charge in [0.25, 0.3) is 11.6 Å². The van der Waals surface area contributed by atoms with Crippen LogP contribution in [-0.4, -0.2) is 62.1 Å². The number of piperazine rings is 1. The Morgan fingerprint density at radius 1 is 1.14 bits per heavy atom. The van der Waals surface area contributed by atoms with Crippen LogP contribution in [0.2, 0.25) is 0 Å². The summed E-state index contributed by atoms with van der Waals surface area (Å²) in [6.45, 7) is 5.21. The molecule has 3 rings (SSSR count). The molecule has 29 heavy (non-hydrogen) atoms. The quantitative estimate of drug-likeness (QED) is 0.418. The second kappa shape index (κ2) is 9.88. The zero-order valence-corrected chi connectivity index (χ0v) is 16.5. The van der Waals surface area contributed by atoms with E-state index >= 15 is 0 Å². The maximum Gasteiger partial charge on any atom is 0.270 e. The molecule has 0 aromatic heterocycles. The van der Waals surface area contributed by atoms with Crippen LogP contribution in [0.15, 0.2) is 48.5 Å². The van der Waals surface area contributed by atoms with Gasteiger partial charge in [0.15, 0.2) is 0 Å². The topological polar surface area (TPSA) is 88.0 Å². The van der Waals surface area contributed by atoms with Crippen LogP contribution in [0.5, 0.6) is 5.75 Å². The molecule has 0 aliphatic carbocycles. The Kier molecular flexibility index (Phi) is 7.02. The fourth-order valence-electron chi connectivity index (χ4n) is 3.47. The molecule has 1 aliphatic heterocycles. The van der Waals surface area contributed by atoms with E-state index in [0.717, 1.165) is 50.6 Å². The molecule has 2 aromatic carbocycles. The van der Waals surface area contributed by atoms with Gasteiger partial charge in [-0.1, -0.05) is 18.2 Å². The van der Waals surface area contributed by atoms with Crippen LogP contribution < -0.4 is 15.0 Å². The number of anilines is 1. The minimum atomic E-state index is -0.499. The third-order valence-electron chi connectivity index (χ3n) is 5.05. The number of nitro benzene ring substituents is 1. The second-order valence-corrected chi connectivity index (χ2v) is 6.92. The summed E-state index contributed by atoms with van der Waals surface area (Å²) in [5.41, 5.74) is 1.36. The largest absolute Gasteiger partial charge is 0.495 e. The zero-order chi connectivity index (χ0) is 20.6. The van der Waals surface area contributed by atoms with Crippen LogP contribution >= 0.6 is 0 Å². The number of ether oxygens (including phenoxy) is 1. The van der Waals surface area contributed by atoms with E-state index in [4.69, 9.17) is 4.74 Å². The molecule has 1 aliphatic rings. The van der Waals surface area contributed by atoms with Crippen molar-refractivity contribution in [3.63, 3.8) is 0 Å². The molecule has 1 N–H and O–H groups in total. The first-order chi connectivity index (χ1) is 14.1. The number of rotatable bonds is 8. The fraction of sp³-hybridized carbons (Fsp3) is 0.381. The molecule has 2 aromatic rings. The van der Waals surface area contributed by atoms with E-state index in [1.165, 1.54) is 18.2 Å². The highest BCUT2D eigenvalue weighted by atomic mass is 16.6. The van der Waals surface area contributed by atoms with E-state index in [9.17, 15) is 14.9 Å². The van der Waals surface area contributed by atoms with Crippen molar-refractivity contribution in [1.82, 2.24) is 10.2 Å². The maximum absolute atomic E-state index is 12.2. The number of amides is 1. The SMILES string of the molecule is COc1ccccc1N1CCN(CCCNC(=O)c2cccc([N+](=O)[O-])c2)CC1. The Balaban J connectivity index is 1.39. The number of hydrogen-bond donors (Lipinski definition) is 1. The molecule has 0 unspecified atom stereocenters. The summed E-state index contributed by atoms with van der Waals surface area (Å²) in [7, 11) is 1.69. The van der Waals surface area contributed by atoms with Gasteiger partial charge < -0.3 is 15.0 Å². The molecule has 8 heteroatoms. The fourth-order valence-corrected chi connectivity index (χ4v) is 3.47. The highest BCUT2D eigenvalue weighted by Crippen LogP contribution is 2.28. The predicted octanol–water partition coefficient (Wildman–Crippen LogP) is 2.55. The van der Waals surface area contributed by atoms with Gasteiger partial charge >= 0.3 is 0 Å². The number of non-ortho nitro benzene ring substituents is 1. The average Bonchev–Trinajstić information content (AvgIpc) is 2.77. The number of nitrogens with zero attached hydrogens (tertiary/aromatic N) is 3. The minimum Gasteiger partial charge on any atom is -0.495 e. The van der Waals surface area contributed by atoms with Crippen LogP contribution in [0.3, 0.4) is 0 Å².